The summed E-state index contributed by atoms with van der Waals surface area (Å²) < 4.78 is 5.20. The highest BCUT2D eigenvalue weighted by molar-refractivity contribution is 5.92. The number of nitrogens with zero attached hydrogens (tertiary/aromatic N) is 1. The Morgan fingerprint density at radius 2 is 1.90 bits per heavy atom. The summed E-state index contributed by atoms with van der Waals surface area (Å²) in [5.41, 5.74) is 1.83. The molecule has 2 aromatic carbocycles. The number of anilines is 1. The highest BCUT2D eigenvalue weighted by atomic mass is 16.4. The van der Waals surface area contributed by atoms with Gasteiger partial charge in [0.15, 0.2) is 5.75 Å². The van der Waals surface area contributed by atoms with Crippen molar-refractivity contribution in [2.75, 3.05) is 4.90 Å². The van der Waals surface area contributed by atoms with Gasteiger partial charge in [-0.2, -0.15) is 0 Å². The van der Waals surface area contributed by atoms with Gasteiger partial charge in [0, 0.05) is 6.07 Å². The van der Waals surface area contributed by atoms with Crippen LogP contribution in [-0.2, 0) is 6.54 Å². The molecule has 3 rings (SSSR count). The third-order valence-electron chi connectivity index (χ3n) is 3.26. The van der Waals surface area contributed by atoms with E-state index < -0.39 is 6.09 Å². The molecule has 0 spiro atoms. The van der Waals surface area contributed by atoms with Crippen molar-refractivity contribution in [1.29, 1.82) is 0 Å². The van der Waals surface area contributed by atoms with Crippen LogP contribution in [0.25, 0.3) is 11.0 Å². The summed E-state index contributed by atoms with van der Waals surface area (Å²) in [5, 5.41) is 19.5. The number of carboxylic acid groups (broad SMARTS) is 1. The molecule has 1 amide bonds. The smallest absolute Gasteiger partial charge is 0.412 e. The lowest BCUT2D eigenvalue weighted by molar-refractivity contribution is 0.201. The SMILES string of the molecule is O=C(O)N(Cc1ccccc1)c1ccc2c(O)coc2c1. The third kappa shape index (κ3) is 2.53. The van der Waals surface area contributed by atoms with Crippen molar-refractivity contribution >= 4 is 22.7 Å². The quantitative estimate of drug-likeness (QED) is 0.766. The largest absolute Gasteiger partial charge is 0.504 e. The Bertz CT molecular complexity index is 779. The molecule has 2 N–H and O–H groups in total. The van der Waals surface area contributed by atoms with Crippen LogP contribution in [0, 0.1) is 0 Å². The minimum atomic E-state index is -1.05. The molecule has 0 aliphatic carbocycles. The van der Waals surface area contributed by atoms with Crippen molar-refractivity contribution < 1.29 is 19.4 Å². The Kier molecular flexibility index (Phi) is 3.23. The van der Waals surface area contributed by atoms with Crippen LogP contribution in [0.4, 0.5) is 10.5 Å². The van der Waals surface area contributed by atoms with Crippen LogP contribution in [0.1, 0.15) is 5.56 Å². The average molecular weight is 283 g/mol. The van der Waals surface area contributed by atoms with Gasteiger partial charge in [0.05, 0.1) is 17.6 Å². The van der Waals surface area contributed by atoms with E-state index in [9.17, 15) is 15.0 Å². The van der Waals surface area contributed by atoms with E-state index in [1.54, 1.807) is 18.2 Å². The van der Waals surface area contributed by atoms with Crippen LogP contribution in [0.3, 0.4) is 0 Å². The lowest BCUT2D eigenvalue weighted by Gasteiger charge is -2.19. The summed E-state index contributed by atoms with van der Waals surface area (Å²) >= 11 is 0. The molecule has 3 aromatic rings. The molecule has 0 aliphatic heterocycles. The fourth-order valence-electron chi connectivity index (χ4n) is 2.21. The summed E-state index contributed by atoms with van der Waals surface area (Å²) in [6.07, 6.45) is 0.186. The number of fused-ring (bicyclic) bond motifs is 1. The maximum absolute atomic E-state index is 11.5. The lowest BCUT2D eigenvalue weighted by atomic mass is 10.2. The summed E-state index contributed by atoms with van der Waals surface area (Å²) in [6.45, 7) is 0.244. The molecule has 1 aromatic heterocycles. The first-order chi connectivity index (χ1) is 10.1. The number of benzene rings is 2. The third-order valence-corrected chi connectivity index (χ3v) is 3.26. The molecular formula is C16H13NO4. The van der Waals surface area contributed by atoms with E-state index >= 15 is 0 Å². The zero-order chi connectivity index (χ0) is 14.8. The summed E-state index contributed by atoms with van der Waals surface area (Å²) in [6, 6.07) is 14.2. The number of hydrogen-bond acceptors (Lipinski definition) is 3. The van der Waals surface area contributed by atoms with Gasteiger partial charge in [0.1, 0.15) is 11.8 Å². The van der Waals surface area contributed by atoms with Gasteiger partial charge < -0.3 is 14.6 Å². The summed E-state index contributed by atoms with van der Waals surface area (Å²) in [4.78, 5) is 12.7. The predicted molar refractivity (Wildman–Crippen MR) is 78.5 cm³/mol. The molecule has 0 bridgehead atoms. The van der Waals surface area contributed by atoms with Gasteiger partial charge >= 0.3 is 6.09 Å². The standard InChI is InChI=1S/C16H13NO4/c18-14-10-21-15-8-12(6-7-13(14)15)17(16(19)20)9-11-4-2-1-3-5-11/h1-8,10,18H,9H2,(H,19,20). The lowest BCUT2D eigenvalue weighted by Crippen LogP contribution is -2.28. The van der Waals surface area contributed by atoms with Crippen LogP contribution in [0.2, 0.25) is 0 Å². The van der Waals surface area contributed by atoms with Gasteiger partial charge in [0.2, 0.25) is 0 Å². The highest BCUT2D eigenvalue weighted by Gasteiger charge is 2.16. The Morgan fingerprint density at radius 3 is 2.62 bits per heavy atom. The van der Waals surface area contributed by atoms with E-state index in [2.05, 4.69) is 0 Å². The number of hydrogen-bond donors (Lipinski definition) is 2. The maximum Gasteiger partial charge on any atom is 0.412 e. The van der Waals surface area contributed by atoms with E-state index in [-0.39, 0.29) is 12.3 Å². The predicted octanol–water partition coefficient (Wildman–Crippen LogP) is 3.82. The molecular weight excluding hydrogens is 270 g/mol. The van der Waals surface area contributed by atoms with Gasteiger partial charge in [-0.1, -0.05) is 30.3 Å². The summed E-state index contributed by atoms with van der Waals surface area (Å²) in [5.74, 6) is 0.0430. The van der Waals surface area contributed by atoms with Crippen molar-refractivity contribution in [3.63, 3.8) is 0 Å². The molecule has 0 saturated carbocycles. The Hall–Kier alpha value is -2.95. The molecule has 0 radical (unpaired) electrons. The number of carbonyl (C=O) groups is 1. The zero-order valence-electron chi connectivity index (χ0n) is 11.1. The highest BCUT2D eigenvalue weighted by Crippen LogP contribution is 2.30. The van der Waals surface area contributed by atoms with Gasteiger partial charge in [-0.3, -0.25) is 4.90 Å². The number of aromatic hydroxyl groups is 1. The second kappa shape index (κ2) is 5.20. The number of furan rings is 1. The van der Waals surface area contributed by atoms with Crippen LogP contribution in [-0.4, -0.2) is 16.3 Å². The Balaban J connectivity index is 1.97. The molecule has 5 nitrogen and oxygen atoms in total. The first kappa shape index (κ1) is 13.1. The topological polar surface area (TPSA) is 73.9 Å². The van der Waals surface area contributed by atoms with E-state index in [4.69, 9.17) is 4.42 Å². The molecule has 0 fully saturated rings. The molecule has 5 heteroatoms. The molecule has 0 unspecified atom stereocenters. The van der Waals surface area contributed by atoms with Crippen molar-refractivity contribution in [3.8, 4) is 5.75 Å². The van der Waals surface area contributed by atoms with Gasteiger partial charge in [0.25, 0.3) is 0 Å². The molecule has 1 heterocycles. The molecule has 21 heavy (non-hydrogen) atoms. The second-order valence-electron chi connectivity index (χ2n) is 4.66. The Labute approximate surface area is 120 Å². The minimum Gasteiger partial charge on any atom is -0.504 e. The number of rotatable bonds is 3. The zero-order valence-corrected chi connectivity index (χ0v) is 11.1. The van der Waals surface area contributed by atoms with Crippen LogP contribution in [0.5, 0.6) is 5.75 Å². The maximum atomic E-state index is 11.5. The van der Waals surface area contributed by atoms with Crippen molar-refractivity contribution in [2.45, 2.75) is 6.54 Å². The second-order valence-corrected chi connectivity index (χ2v) is 4.66. The molecule has 0 aliphatic rings. The van der Waals surface area contributed by atoms with E-state index in [1.165, 1.54) is 11.2 Å². The van der Waals surface area contributed by atoms with Crippen molar-refractivity contribution in [1.82, 2.24) is 0 Å². The minimum absolute atomic E-state index is 0.0430. The number of amides is 1. The van der Waals surface area contributed by atoms with Crippen LogP contribution < -0.4 is 4.90 Å². The first-order valence-corrected chi connectivity index (χ1v) is 6.40. The van der Waals surface area contributed by atoms with E-state index in [0.717, 1.165) is 5.56 Å². The molecule has 0 saturated heterocycles. The van der Waals surface area contributed by atoms with Gasteiger partial charge in [-0.05, 0) is 17.7 Å². The van der Waals surface area contributed by atoms with Crippen LogP contribution in [0.15, 0.2) is 59.2 Å². The average Bonchev–Trinajstić information content (AvgIpc) is 2.86. The fraction of sp³-hybridized carbons (Fsp3) is 0.0625. The van der Waals surface area contributed by atoms with Gasteiger partial charge in [-0.15, -0.1) is 0 Å². The molecule has 0 atom stereocenters. The van der Waals surface area contributed by atoms with E-state index in [0.29, 0.717) is 16.7 Å². The molecule has 106 valence electrons. The van der Waals surface area contributed by atoms with Crippen molar-refractivity contribution in [2.24, 2.45) is 0 Å². The monoisotopic (exact) mass is 283 g/mol. The van der Waals surface area contributed by atoms with Crippen molar-refractivity contribution in [3.05, 3.63) is 60.4 Å². The first-order valence-electron chi connectivity index (χ1n) is 6.40. The Morgan fingerprint density at radius 1 is 1.14 bits per heavy atom. The van der Waals surface area contributed by atoms with Crippen LogP contribution >= 0.6 is 0 Å². The normalized spacial score (nSPS) is 10.7. The van der Waals surface area contributed by atoms with Gasteiger partial charge in [-0.25, -0.2) is 4.79 Å². The van der Waals surface area contributed by atoms with E-state index in [1.807, 2.05) is 30.3 Å². The summed E-state index contributed by atoms with van der Waals surface area (Å²) in [7, 11) is 0. The fourth-order valence-corrected chi connectivity index (χ4v) is 2.21.